The molecule has 0 heterocycles. The third kappa shape index (κ3) is 4.13. The highest BCUT2D eigenvalue weighted by molar-refractivity contribution is 5.64. The summed E-state index contributed by atoms with van der Waals surface area (Å²) in [6, 6.07) is 24.9. The van der Waals surface area contributed by atoms with Crippen molar-refractivity contribution in [1.29, 1.82) is 0 Å². The first-order valence-electron chi connectivity index (χ1n) is 8.31. The van der Waals surface area contributed by atoms with Gasteiger partial charge in [-0.1, -0.05) is 29.8 Å². The number of aryl methyl sites for hydroxylation is 1. The summed E-state index contributed by atoms with van der Waals surface area (Å²) < 4.78 is 10.6. The van der Waals surface area contributed by atoms with Crippen molar-refractivity contribution in [2.24, 2.45) is 0 Å². The average Bonchev–Trinajstić information content (AvgIpc) is 2.68. The molecule has 0 aliphatic rings. The lowest BCUT2D eigenvalue weighted by Gasteiger charge is -2.25. The molecule has 0 fully saturated rings. The first-order valence-corrected chi connectivity index (χ1v) is 8.31. The van der Waals surface area contributed by atoms with Gasteiger partial charge in [0.15, 0.2) is 0 Å². The van der Waals surface area contributed by atoms with Crippen LogP contribution in [0.5, 0.6) is 11.5 Å². The van der Waals surface area contributed by atoms with E-state index in [1.54, 1.807) is 14.2 Å². The van der Waals surface area contributed by atoms with Crippen molar-refractivity contribution in [3.05, 3.63) is 83.9 Å². The lowest BCUT2D eigenvalue weighted by molar-refractivity contribution is 0.415. The summed E-state index contributed by atoms with van der Waals surface area (Å²) in [7, 11) is 3.37. The predicted octanol–water partition coefficient (Wildman–Crippen LogP) is 5.35. The van der Waals surface area contributed by atoms with E-state index in [0.717, 1.165) is 29.4 Å². The molecular weight excluding hydrogens is 310 g/mol. The molecule has 3 aromatic rings. The zero-order valence-electron chi connectivity index (χ0n) is 14.9. The van der Waals surface area contributed by atoms with Crippen LogP contribution >= 0.6 is 0 Å². The van der Waals surface area contributed by atoms with Gasteiger partial charge in [0.05, 0.1) is 14.2 Å². The van der Waals surface area contributed by atoms with Crippen molar-refractivity contribution in [2.75, 3.05) is 19.1 Å². The zero-order chi connectivity index (χ0) is 17.6. The van der Waals surface area contributed by atoms with Gasteiger partial charge in [-0.15, -0.1) is 0 Å². The van der Waals surface area contributed by atoms with Crippen LogP contribution in [0.1, 0.15) is 11.1 Å². The molecule has 0 aromatic heterocycles. The second kappa shape index (κ2) is 7.75. The summed E-state index contributed by atoms with van der Waals surface area (Å²) in [5.74, 6) is 1.71. The minimum absolute atomic E-state index is 0.791. The van der Waals surface area contributed by atoms with E-state index in [0.29, 0.717) is 0 Å². The molecule has 3 rings (SSSR count). The summed E-state index contributed by atoms with van der Waals surface area (Å²) >= 11 is 0. The molecule has 0 atom stereocenters. The number of rotatable bonds is 6. The predicted molar refractivity (Wildman–Crippen MR) is 103 cm³/mol. The Balaban J connectivity index is 1.95. The number of anilines is 2. The van der Waals surface area contributed by atoms with Gasteiger partial charge in [-0.05, 0) is 61.0 Å². The molecule has 0 radical (unpaired) electrons. The fourth-order valence-corrected chi connectivity index (χ4v) is 2.73. The fraction of sp³-hybridized carbons (Fsp3) is 0.182. The molecule has 3 nitrogen and oxygen atoms in total. The van der Waals surface area contributed by atoms with Gasteiger partial charge >= 0.3 is 0 Å². The van der Waals surface area contributed by atoms with Crippen LogP contribution in [0.25, 0.3) is 0 Å². The number of nitrogens with zero attached hydrogens (tertiary/aromatic N) is 1. The Morgan fingerprint density at radius 1 is 0.640 bits per heavy atom. The minimum Gasteiger partial charge on any atom is -0.497 e. The Morgan fingerprint density at radius 2 is 1.08 bits per heavy atom. The topological polar surface area (TPSA) is 21.7 Å². The van der Waals surface area contributed by atoms with Gasteiger partial charge in [0.2, 0.25) is 0 Å². The van der Waals surface area contributed by atoms with E-state index in [2.05, 4.69) is 60.4 Å². The van der Waals surface area contributed by atoms with Gasteiger partial charge in [0.25, 0.3) is 0 Å². The summed E-state index contributed by atoms with van der Waals surface area (Å²) in [6.07, 6.45) is 0. The second-order valence-corrected chi connectivity index (χ2v) is 5.97. The molecule has 3 heteroatoms. The number of methoxy groups -OCH3 is 2. The molecule has 0 amide bonds. The molecule has 0 bridgehead atoms. The van der Waals surface area contributed by atoms with Gasteiger partial charge in [-0.3, -0.25) is 0 Å². The number of ether oxygens (including phenoxy) is 2. The van der Waals surface area contributed by atoms with Crippen molar-refractivity contribution >= 4 is 11.4 Å². The van der Waals surface area contributed by atoms with Crippen molar-refractivity contribution in [3.63, 3.8) is 0 Å². The van der Waals surface area contributed by atoms with E-state index < -0.39 is 0 Å². The lowest BCUT2D eigenvalue weighted by atomic mass is 10.1. The molecule has 128 valence electrons. The number of hydrogen-bond donors (Lipinski definition) is 0. The van der Waals surface area contributed by atoms with E-state index in [1.807, 2.05) is 24.3 Å². The zero-order valence-corrected chi connectivity index (χ0v) is 14.9. The van der Waals surface area contributed by atoms with Gasteiger partial charge in [-0.25, -0.2) is 0 Å². The van der Waals surface area contributed by atoms with E-state index in [9.17, 15) is 0 Å². The van der Waals surface area contributed by atoms with E-state index in [4.69, 9.17) is 9.47 Å². The standard InChI is InChI=1S/C22H23NO2/c1-17-4-6-18(7-5-17)16-23(19-8-12-21(24-2)13-9-19)20-10-14-22(25-3)15-11-20/h4-15H,16H2,1-3H3. The van der Waals surface area contributed by atoms with Crippen molar-refractivity contribution in [2.45, 2.75) is 13.5 Å². The average molecular weight is 333 g/mol. The number of benzene rings is 3. The monoisotopic (exact) mass is 333 g/mol. The molecule has 0 spiro atoms. The van der Waals surface area contributed by atoms with E-state index in [1.165, 1.54) is 11.1 Å². The molecule has 0 N–H and O–H groups in total. The van der Waals surface area contributed by atoms with Crippen LogP contribution in [0.4, 0.5) is 11.4 Å². The van der Waals surface area contributed by atoms with Crippen molar-refractivity contribution < 1.29 is 9.47 Å². The van der Waals surface area contributed by atoms with E-state index in [-0.39, 0.29) is 0 Å². The highest BCUT2D eigenvalue weighted by atomic mass is 16.5. The van der Waals surface area contributed by atoms with Crippen LogP contribution in [-0.2, 0) is 6.54 Å². The smallest absolute Gasteiger partial charge is 0.119 e. The molecule has 3 aromatic carbocycles. The van der Waals surface area contributed by atoms with Crippen LogP contribution in [0.2, 0.25) is 0 Å². The Bertz CT molecular complexity index is 745. The highest BCUT2D eigenvalue weighted by Gasteiger charge is 2.11. The summed E-state index contributed by atoms with van der Waals surface area (Å²) in [5, 5.41) is 0. The first-order chi connectivity index (χ1) is 12.2. The van der Waals surface area contributed by atoms with Crippen LogP contribution in [0, 0.1) is 6.92 Å². The van der Waals surface area contributed by atoms with Gasteiger partial charge in [0, 0.05) is 17.9 Å². The third-order valence-corrected chi connectivity index (χ3v) is 4.23. The second-order valence-electron chi connectivity index (χ2n) is 5.97. The maximum absolute atomic E-state index is 5.28. The largest absolute Gasteiger partial charge is 0.497 e. The lowest BCUT2D eigenvalue weighted by Crippen LogP contribution is -2.16. The van der Waals surface area contributed by atoms with Gasteiger partial charge in [-0.2, -0.15) is 0 Å². The molecule has 0 unspecified atom stereocenters. The third-order valence-electron chi connectivity index (χ3n) is 4.23. The minimum atomic E-state index is 0.791. The van der Waals surface area contributed by atoms with Gasteiger partial charge < -0.3 is 14.4 Å². The quantitative estimate of drug-likeness (QED) is 0.607. The SMILES string of the molecule is COc1ccc(N(Cc2ccc(C)cc2)c2ccc(OC)cc2)cc1. The van der Waals surface area contributed by atoms with E-state index >= 15 is 0 Å². The maximum Gasteiger partial charge on any atom is 0.119 e. The highest BCUT2D eigenvalue weighted by Crippen LogP contribution is 2.30. The Labute approximate surface area is 149 Å². The molecule has 0 aliphatic heterocycles. The fourth-order valence-electron chi connectivity index (χ4n) is 2.73. The van der Waals surface area contributed by atoms with Crippen LogP contribution in [0.3, 0.4) is 0 Å². The van der Waals surface area contributed by atoms with Gasteiger partial charge in [0.1, 0.15) is 11.5 Å². The summed E-state index contributed by atoms with van der Waals surface area (Å²) in [4.78, 5) is 2.28. The van der Waals surface area contributed by atoms with Crippen LogP contribution < -0.4 is 14.4 Å². The Morgan fingerprint density at radius 3 is 1.48 bits per heavy atom. The van der Waals surface area contributed by atoms with Crippen LogP contribution in [0.15, 0.2) is 72.8 Å². The first kappa shape index (κ1) is 16.9. The Kier molecular flexibility index (Phi) is 5.24. The summed E-state index contributed by atoms with van der Waals surface area (Å²) in [6.45, 7) is 2.90. The maximum atomic E-state index is 5.28. The molecule has 0 aliphatic carbocycles. The summed E-state index contributed by atoms with van der Waals surface area (Å²) in [5.41, 5.74) is 4.76. The van der Waals surface area contributed by atoms with Crippen LogP contribution in [-0.4, -0.2) is 14.2 Å². The van der Waals surface area contributed by atoms with Crippen molar-refractivity contribution in [1.82, 2.24) is 0 Å². The molecule has 0 saturated heterocycles. The molecule has 0 saturated carbocycles. The number of hydrogen-bond acceptors (Lipinski definition) is 3. The van der Waals surface area contributed by atoms with Crippen molar-refractivity contribution in [3.8, 4) is 11.5 Å². The molecular formula is C22H23NO2. The molecule has 25 heavy (non-hydrogen) atoms. The normalized spacial score (nSPS) is 10.4. The Hall–Kier alpha value is -2.94.